The first-order chi connectivity index (χ1) is 9.90. The van der Waals surface area contributed by atoms with Gasteiger partial charge in [-0.15, -0.1) is 0 Å². The number of benzene rings is 1. The maximum Gasteiger partial charge on any atom is 0.276 e. The molecule has 0 aliphatic rings. The van der Waals surface area contributed by atoms with E-state index in [-0.39, 0.29) is 11.5 Å². The lowest BCUT2D eigenvalue weighted by molar-refractivity contribution is -0.384. The third-order valence-corrected chi connectivity index (χ3v) is 3.41. The van der Waals surface area contributed by atoms with Gasteiger partial charge in [0.25, 0.3) is 5.69 Å². The number of nitrogens with zero attached hydrogens (tertiary/aromatic N) is 2. The number of aryl methyl sites for hydroxylation is 1. The number of rotatable bonds is 4. The van der Waals surface area contributed by atoms with Crippen LogP contribution in [-0.2, 0) is 0 Å². The third-order valence-electron chi connectivity index (χ3n) is 2.81. The summed E-state index contributed by atoms with van der Waals surface area (Å²) in [5.74, 6) is 0.293. The second-order valence-corrected chi connectivity index (χ2v) is 5.16. The molecule has 1 aromatic heterocycles. The van der Waals surface area contributed by atoms with Gasteiger partial charge in [-0.1, -0.05) is 0 Å². The normalized spacial score (nSPS) is 10.3. The van der Waals surface area contributed by atoms with E-state index in [0.717, 1.165) is 0 Å². The fourth-order valence-electron chi connectivity index (χ4n) is 1.73. The molecule has 0 atom stereocenters. The highest BCUT2D eigenvalue weighted by Crippen LogP contribution is 2.28. The van der Waals surface area contributed by atoms with Crippen molar-refractivity contribution < 1.29 is 9.31 Å². The minimum Gasteiger partial charge on any atom is -0.373 e. The molecule has 0 saturated carbocycles. The number of halogens is 2. The Morgan fingerprint density at radius 3 is 2.57 bits per heavy atom. The zero-order valence-electron chi connectivity index (χ0n) is 11.3. The van der Waals surface area contributed by atoms with E-state index in [9.17, 15) is 14.5 Å². The van der Waals surface area contributed by atoms with E-state index in [1.54, 1.807) is 20.0 Å². The Hall–Kier alpha value is -2.22. The molecule has 0 fully saturated rings. The van der Waals surface area contributed by atoms with E-state index in [4.69, 9.17) is 0 Å². The van der Waals surface area contributed by atoms with Gasteiger partial charge in [0.15, 0.2) is 0 Å². The van der Waals surface area contributed by atoms with E-state index in [2.05, 4.69) is 31.5 Å². The summed E-state index contributed by atoms with van der Waals surface area (Å²) in [6.45, 7) is 1.73. The zero-order chi connectivity index (χ0) is 15.6. The van der Waals surface area contributed by atoms with E-state index in [0.29, 0.717) is 27.4 Å². The summed E-state index contributed by atoms with van der Waals surface area (Å²) in [6, 6.07) is 5.57. The molecule has 0 aliphatic carbocycles. The van der Waals surface area contributed by atoms with E-state index < -0.39 is 4.92 Å². The summed E-state index contributed by atoms with van der Waals surface area (Å²) < 4.78 is 13.7. The van der Waals surface area contributed by atoms with Gasteiger partial charge in [-0.2, -0.15) is 0 Å². The molecule has 2 N–H and O–H groups in total. The van der Waals surface area contributed by atoms with Crippen molar-refractivity contribution in [1.29, 1.82) is 0 Å². The molecule has 0 spiro atoms. The first-order valence-corrected chi connectivity index (χ1v) is 6.77. The van der Waals surface area contributed by atoms with Crippen LogP contribution in [-0.4, -0.2) is 17.0 Å². The van der Waals surface area contributed by atoms with Crippen LogP contribution in [0.3, 0.4) is 0 Å². The first kappa shape index (κ1) is 15.2. The first-order valence-electron chi connectivity index (χ1n) is 5.97. The minimum absolute atomic E-state index is 0.0873. The van der Waals surface area contributed by atoms with Crippen LogP contribution in [0.15, 0.2) is 28.7 Å². The lowest BCUT2D eigenvalue weighted by Gasteiger charge is -2.11. The minimum atomic E-state index is -0.499. The lowest BCUT2D eigenvalue weighted by atomic mass is 10.2. The summed E-state index contributed by atoms with van der Waals surface area (Å²) >= 11 is 3.10. The molecule has 0 unspecified atom stereocenters. The van der Waals surface area contributed by atoms with Gasteiger partial charge < -0.3 is 10.6 Å². The molecule has 0 bridgehead atoms. The molecule has 110 valence electrons. The summed E-state index contributed by atoms with van der Waals surface area (Å²) in [4.78, 5) is 14.6. The van der Waals surface area contributed by atoms with Crippen molar-refractivity contribution in [1.82, 2.24) is 4.98 Å². The van der Waals surface area contributed by atoms with Crippen LogP contribution in [0.25, 0.3) is 0 Å². The van der Waals surface area contributed by atoms with Crippen LogP contribution >= 0.6 is 15.9 Å². The summed E-state index contributed by atoms with van der Waals surface area (Å²) in [7, 11) is 1.62. The average Bonchev–Trinajstić information content (AvgIpc) is 2.44. The van der Waals surface area contributed by atoms with Crippen LogP contribution < -0.4 is 10.6 Å². The molecule has 2 rings (SSSR count). The quantitative estimate of drug-likeness (QED) is 0.640. The number of anilines is 3. The SMILES string of the molecule is CNc1cc([N+](=O)[O-])cc(Nc2cc(Br)c(F)cc2C)n1. The van der Waals surface area contributed by atoms with Gasteiger partial charge in [-0.05, 0) is 40.5 Å². The molecule has 6 nitrogen and oxygen atoms in total. The van der Waals surface area contributed by atoms with Gasteiger partial charge in [-0.3, -0.25) is 10.1 Å². The van der Waals surface area contributed by atoms with Crippen molar-refractivity contribution >= 4 is 38.9 Å². The Morgan fingerprint density at radius 2 is 1.95 bits per heavy atom. The summed E-state index contributed by atoms with van der Waals surface area (Å²) in [5.41, 5.74) is 1.18. The Bertz CT molecular complexity index is 709. The molecular weight excluding hydrogens is 343 g/mol. The average molecular weight is 355 g/mol. The molecule has 0 saturated heterocycles. The molecule has 21 heavy (non-hydrogen) atoms. The fraction of sp³-hybridized carbons (Fsp3) is 0.154. The predicted octanol–water partition coefficient (Wildman–Crippen LogP) is 3.99. The van der Waals surface area contributed by atoms with Crippen LogP contribution in [0.5, 0.6) is 0 Å². The maximum absolute atomic E-state index is 13.4. The number of nitrogens with one attached hydrogen (secondary N) is 2. The highest BCUT2D eigenvalue weighted by atomic mass is 79.9. The molecule has 8 heteroatoms. The highest BCUT2D eigenvalue weighted by Gasteiger charge is 2.12. The van der Waals surface area contributed by atoms with E-state index >= 15 is 0 Å². The Balaban J connectivity index is 2.41. The third kappa shape index (κ3) is 3.46. The van der Waals surface area contributed by atoms with Gasteiger partial charge >= 0.3 is 0 Å². The van der Waals surface area contributed by atoms with Gasteiger partial charge in [0.1, 0.15) is 17.5 Å². The van der Waals surface area contributed by atoms with Crippen LogP contribution in [0.4, 0.5) is 27.4 Å². The standard InChI is InChI=1S/C13H12BrFN4O2/c1-7-3-10(15)9(14)6-11(7)17-13-5-8(19(20)21)4-12(16-2)18-13/h3-6H,1-2H3,(H2,16,17,18). The van der Waals surface area contributed by atoms with E-state index in [1.165, 1.54) is 18.2 Å². The number of hydrogen-bond donors (Lipinski definition) is 2. The fourth-order valence-corrected chi connectivity index (χ4v) is 2.08. The van der Waals surface area contributed by atoms with Gasteiger partial charge in [0.2, 0.25) is 0 Å². The Labute approximate surface area is 128 Å². The van der Waals surface area contributed by atoms with Crippen molar-refractivity contribution in [3.63, 3.8) is 0 Å². The molecular formula is C13H12BrFN4O2. The van der Waals surface area contributed by atoms with Gasteiger partial charge in [0, 0.05) is 12.7 Å². The number of nitro groups is 1. The number of hydrogen-bond acceptors (Lipinski definition) is 5. The molecule has 1 aromatic carbocycles. The van der Waals surface area contributed by atoms with Gasteiger partial charge in [-0.25, -0.2) is 9.37 Å². The van der Waals surface area contributed by atoms with Crippen molar-refractivity contribution in [3.05, 3.63) is 50.2 Å². The Kier molecular flexibility index (Phi) is 4.37. The van der Waals surface area contributed by atoms with Crippen molar-refractivity contribution in [2.45, 2.75) is 6.92 Å². The van der Waals surface area contributed by atoms with Crippen molar-refractivity contribution in [2.24, 2.45) is 0 Å². The second-order valence-electron chi connectivity index (χ2n) is 4.31. The largest absolute Gasteiger partial charge is 0.373 e. The number of aromatic nitrogens is 1. The van der Waals surface area contributed by atoms with E-state index in [1.807, 2.05) is 0 Å². The predicted molar refractivity (Wildman–Crippen MR) is 82.6 cm³/mol. The van der Waals surface area contributed by atoms with Crippen LogP contribution in [0.1, 0.15) is 5.56 Å². The highest BCUT2D eigenvalue weighted by molar-refractivity contribution is 9.10. The summed E-state index contributed by atoms with van der Waals surface area (Å²) in [6.07, 6.45) is 0. The summed E-state index contributed by atoms with van der Waals surface area (Å²) in [5, 5.41) is 16.6. The zero-order valence-corrected chi connectivity index (χ0v) is 12.9. The molecule has 2 aromatic rings. The van der Waals surface area contributed by atoms with Crippen LogP contribution in [0.2, 0.25) is 0 Å². The Morgan fingerprint density at radius 1 is 1.29 bits per heavy atom. The molecule has 1 heterocycles. The smallest absolute Gasteiger partial charge is 0.276 e. The van der Waals surface area contributed by atoms with Gasteiger partial charge in [0.05, 0.1) is 21.5 Å². The van der Waals surface area contributed by atoms with Crippen molar-refractivity contribution in [2.75, 3.05) is 17.7 Å². The number of pyridine rings is 1. The molecule has 0 radical (unpaired) electrons. The maximum atomic E-state index is 13.4. The topological polar surface area (TPSA) is 80.1 Å². The monoisotopic (exact) mass is 354 g/mol. The molecule has 0 amide bonds. The van der Waals surface area contributed by atoms with Crippen LogP contribution in [0, 0.1) is 22.9 Å². The second kappa shape index (κ2) is 6.04. The lowest BCUT2D eigenvalue weighted by Crippen LogP contribution is -2.01. The van der Waals surface area contributed by atoms with Crippen molar-refractivity contribution in [3.8, 4) is 0 Å². The molecule has 0 aliphatic heterocycles.